The number of carbonyl (C=O) groups excluding carboxylic acids is 1. The number of hydrogen-bond acceptors (Lipinski definition) is 6. The van der Waals surface area contributed by atoms with Gasteiger partial charge in [-0.15, -0.1) is 0 Å². The predicted octanol–water partition coefficient (Wildman–Crippen LogP) is 3.80. The number of esters is 1. The first-order chi connectivity index (χ1) is 16.2. The number of nitrogens with one attached hydrogen (secondary N) is 1. The molecule has 0 saturated carbocycles. The molecule has 2 aliphatic rings. The quantitative estimate of drug-likeness (QED) is 0.541. The van der Waals surface area contributed by atoms with Crippen LogP contribution in [0.15, 0.2) is 67.1 Å². The zero-order valence-corrected chi connectivity index (χ0v) is 18.6. The molecule has 0 amide bonds. The van der Waals surface area contributed by atoms with Crippen molar-refractivity contribution >= 4 is 5.97 Å². The molecule has 1 aromatic heterocycles. The smallest absolute Gasteiger partial charge is 0.347 e. The third-order valence-electron chi connectivity index (χ3n) is 7.02. The van der Waals surface area contributed by atoms with E-state index in [0.717, 1.165) is 42.8 Å². The molecule has 5 rings (SSSR count). The Kier molecular flexibility index (Phi) is 6.20. The van der Waals surface area contributed by atoms with Gasteiger partial charge in [-0.25, -0.2) is 4.79 Å². The zero-order chi connectivity index (χ0) is 22.7. The Morgan fingerprint density at radius 1 is 1.06 bits per heavy atom. The number of fused-ring (bicyclic) bond motifs is 3. The van der Waals surface area contributed by atoms with Gasteiger partial charge >= 0.3 is 5.97 Å². The lowest BCUT2D eigenvalue weighted by atomic mass is 9.88. The van der Waals surface area contributed by atoms with E-state index in [-0.39, 0.29) is 12.5 Å². The number of aromatic nitrogens is 2. The molecule has 1 atom stereocenters. The largest absolute Gasteiger partial charge is 0.462 e. The second-order valence-corrected chi connectivity index (χ2v) is 9.00. The molecule has 0 bridgehead atoms. The molecule has 1 aliphatic heterocycles. The molecule has 2 N–H and O–H groups in total. The fourth-order valence-corrected chi connectivity index (χ4v) is 5.16. The van der Waals surface area contributed by atoms with Crippen LogP contribution in [0.5, 0.6) is 0 Å². The Balaban J connectivity index is 1.35. The van der Waals surface area contributed by atoms with Gasteiger partial charge in [0.2, 0.25) is 5.60 Å². The summed E-state index contributed by atoms with van der Waals surface area (Å²) < 4.78 is 5.83. The fourth-order valence-electron chi connectivity index (χ4n) is 5.16. The minimum atomic E-state index is -1.81. The number of hydrogen-bond donors (Lipinski definition) is 2. The molecule has 6 nitrogen and oxygen atoms in total. The maximum atomic E-state index is 13.4. The van der Waals surface area contributed by atoms with Crippen LogP contribution in [0.2, 0.25) is 0 Å². The molecule has 1 aliphatic carbocycles. The van der Waals surface area contributed by atoms with E-state index < -0.39 is 11.6 Å². The molecule has 2 heterocycles. The predicted molar refractivity (Wildman–Crippen MR) is 125 cm³/mol. The number of ether oxygens (including phenoxy) is 1. The number of piperidine rings is 1. The Hall–Kier alpha value is -3.09. The van der Waals surface area contributed by atoms with Gasteiger partial charge in [0, 0.05) is 35.6 Å². The molecule has 2 aromatic carbocycles. The van der Waals surface area contributed by atoms with E-state index in [0.29, 0.717) is 17.0 Å². The fraction of sp³-hybridized carbons (Fsp3) is 0.370. The number of aliphatic hydroxyl groups is 1. The highest BCUT2D eigenvalue weighted by atomic mass is 16.5. The van der Waals surface area contributed by atoms with Crippen molar-refractivity contribution in [1.82, 2.24) is 15.3 Å². The molecule has 33 heavy (non-hydrogen) atoms. The van der Waals surface area contributed by atoms with Crippen LogP contribution in [0, 0.1) is 5.92 Å². The normalized spacial score (nSPS) is 17.7. The van der Waals surface area contributed by atoms with Crippen LogP contribution in [0.3, 0.4) is 0 Å². The molecule has 0 radical (unpaired) electrons. The Labute approximate surface area is 194 Å². The Morgan fingerprint density at radius 2 is 1.73 bits per heavy atom. The highest BCUT2D eigenvalue weighted by molar-refractivity contribution is 5.96. The van der Waals surface area contributed by atoms with Gasteiger partial charge in [-0.05, 0) is 55.8 Å². The average molecular weight is 444 g/mol. The SMILES string of the molecule is O=C(OCC(CCC1CCNCC1)c1cnccn1)C1(O)c2ccccc2-c2ccccc21. The van der Waals surface area contributed by atoms with Gasteiger partial charge in [0.25, 0.3) is 0 Å². The Bertz CT molecular complexity index is 1070. The minimum absolute atomic E-state index is 0.0620. The number of rotatable bonds is 7. The maximum Gasteiger partial charge on any atom is 0.347 e. The summed E-state index contributed by atoms with van der Waals surface area (Å²) in [4.78, 5) is 22.1. The lowest BCUT2D eigenvalue weighted by Crippen LogP contribution is -2.37. The summed E-state index contributed by atoms with van der Waals surface area (Å²) in [5.41, 5.74) is 1.88. The summed E-state index contributed by atoms with van der Waals surface area (Å²) >= 11 is 0. The summed E-state index contributed by atoms with van der Waals surface area (Å²) in [6.45, 7) is 2.28. The lowest BCUT2D eigenvalue weighted by Gasteiger charge is -2.27. The van der Waals surface area contributed by atoms with Crippen molar-refractivity contribution in [3.63, 3.8) is 0 Å². The van der Waals surface area contributed by atoms with Crippen LogP contribution in [0.4, 0.5) is 0 Å². The third kappa shape index (κ3) is 4.16. The van der Waals surface area contributed by atoms with Gasteiger partial charge in [-0.2, -0.15) is 0 Å². The number of nitrogens with zero attached hydrogens (tertiary/aromatic N) is 2. The van der Waals surface area contributed by atoms with Crippen molar-refractivity contribution < 1.29 is 14.6 Å². The van der Waals surface area contributed by atoms with Gasteiger partial charge < -0.3 is 15.2 Å². The topological polar surface area (TPSA) is 84.3 Å². The second-order valence-electron chi connectivity index (χ2n) is 9.00. The molecule has 6 heteroatoms. The summed E-state index contributed by atoms with van der Waals surface area (Å²) in [7, 11) is 0. The highest BCUT2D eigenvalue weighted by Crippen LogP contribution is 2.48. The molecular formula is C27H29N3O3. The Morgan fingerprint density at radius 3 is 2.36 bits per heavy atom. The van der Waals surface area contributed by atoms with Gasteiger partial charge in [0.05, 0.1) is 12.3 Å². The highest BCUT2D eigenvalue weighted by Gasteiger charge is 2.49. The van der Waals surface area contributed by atoms with E-state index in [4.69, 9.17) is 4.74 Å². The van der Waals surface area contributed by atoms with Gasteiger partial charge in [-0.1, -0.05) is 48.5 Å². The molecule has 1 unspecified atom stereocenters. The molecule has 170 valence electrons. The van der Waals surface area contributed by atoms with Crippen LogP contribution in [-0.2, 0) is 15.1 Å². The average Bonchev–Trinajstić information content (AvgIpc) is 3.15. The van der Waals surface area contributed by atoms with Crippen molar-refractivity contribution in [3.8, 4) is 11.1 Å². The molecule has 1 fully saturated rings. The summed E-state index contributed by atoms with van der Waals surface area (Å²) in [5.74, 6) is -0.0393. The van der Waals surface area contributed by atoms with Gasteiger partial charge in [0.1, 0.15) is 0 Å². The summed E-state index contributed by atoms with van der Waals surface area (Å²) in [5, 5.41) is 15.1. The first kappa shape index (κ1) is 21.7. The van der Waals surface area contributed by atoms with Crippen molar-refractivity contribution in [2.24, 2.45) is 5.92 Å². The number of carbonyl (C=O) groups is 1. The lowest BCUT2D eigenvalue weighted by molar-refractivity contribution is -0.162. The molecule has 1 saturated heterocycles. The third-order valence-corrected chi connectivity index (χ3v) is 7.02. The maximum absolute atomic E-state index is 13.4. The first-order valence-corrected chi connectivity index (χ1v) is 11.7. The van der Waals surface area contributed by atoms with Gasteiger partial charge in [-0.3, -0.25) is 9.97 Å². The van der Waals surface area contributed by atoms with E-state index in [1.54, 1.807) is 30.7 Å². The monoisotopic (exact) mass is 443 g/mol. The van der Waals surface area contributed by atoms with Crippen molar-refractivity contribution in [2.45, 2.75) is 37.2 Å². The van der Waals surface area contributed by atoms with Crippen LogP contribution in [-0.4, -0.2) is 40.7 Å². The summed E-state index contributed by atoms with van der Waals surface area (Å²) in [6.07, 6.45) is 9.31. The van der Waals surface area contributed by atoms with E-state index in [1.165, 1.54) is 12.8 Å². The van der Waals surface area contributed by atoms with Crippen LogP contribution >= 0.6 is 0 Å². The van der Waals surface area contributed by atoms with E-state index in [1.807, 2.05) is 36.4 Å². The first-order valence-electron chi connectivity index (χ1n) is 11.7. The zero-order valence-electron chi connectivity index (χ0n) is 18.6. The van der Waals surface area contributed by atoms with Crippen LogP contribution < -0.4 is 5.32 Å². The van der Waals surface area contributed by atoms with E-state index in [9.17, 15) is 9.90 Å². The minimum Gasteiger partial charge on any atom is -0.462 e. The molecule has 0 spiro atoms. The second kappa shape index (κ2) is 9.41. The van der Waals surface area contributed by atoms with Gasteiger partial charge in [0.15, 0.2) is 0 Å². The van der Waals surface area contributed by atoms with E-state index >= 15 is 0 Å². The molecule has 3 aromatic rings. The molecular weight excluding hydrogens is 414 g/mol. The van der Waals surface area contributed by atoms with E-state index in [2.05, 4.69) is 15.3 Å². The van der Waals surface area contributed by atoms with Crippen molar-refractivity contribution in [2.75, 3.05) is 19.7 Å². The van der Waals surface area contributed by atoms with Crippen molar-refractivity contribution in [1.29, 1.82) is 0 Å². The van der Waals surface area contributed by atoms with Crippen LogP contribution in [0.25, 0.3) is 11.1 Å². The standard InChI is InChI=1S/C27H29N3O3/c31-26(27(32)23-7-3-1-5-21(23)22-6-2-4-8-24(22)27)33-18-20(25-17-29-15-16-30-25)10-9-19-11-13-28-14-12-19/h1-8,15-17,19-20,28,32H,9-14,18H2. The van der Waals surface area contributed by atoms with Crippen LogP contribution in [0.1, 0.15) is 48.4 Å². The number of benzene rings is 2. The summed E-state index contributed by atoms with van der Waals surface area (Å²) in [6, 6.07) is 15.0. The van der Waals surface area contributed by atoms with Crippen molar-refractivity contribution in [3.05, 3.63) is 83.9 Å².